The lowest BCUT2D eigenvalue weighted by atomic mass is 10.1. The Morgan fingerprint density at radius 3 is 2.25 bits per heavy atom. The fourth-order valence-electron chi connectivity index (χ4n) is 1.89. The van der Waals surface area contributed by atoms with Crippen molar-refractivity contribution in [2.45, 2.75) is 12.5 Å². The van der Waals surface area contributed by atoms with Gasteiger partial charge in [0.2, 0.25) is 0 Å². The van der Waals surface area contributed by atoms with Crippen molar-refractivity contribution in [1.29, 1.82) is 0 Å². The number of phenolic OH excluding ortho intramolecular Hbond substituents is 1. The van der Waals surface area contributed by atoms with Gasteiger partial charge in [-0.25, -0.2) is 4.39 Å². The lowest BCUT2D eigenvalue weighted by molar-refractivity contribution is -0.138. The number of nitrogens with two attached hydrogens (primary N) is 1. The number of halogens is 4. The largest absolute Gasteiger partial charge is 0.504 e. The van der Waals surface area contributed by atoms with Crippen molar-refractivity contribution >= 4 is 73.7 Å². The lowest BCUT2D eigenvalue weighted by Gasteiger charge is -2.14. The number of carboxylic acid groups (broad SMARTS) is 1. The van der Waals surface area contributed by atoms with Gasteiger partial charge in [-0.05, 0) is 98.0 Å². The summed E-state index contributed by atoms with van der Waals surface area (Å²) < 4.78 is 21.2. The molecule has 1 atom stereocenters. The molecule has 2 aromatic carbocycles. The molecule has 2 rings (SSSR count). The van der Waals surface area contributed by atoms with E-state index < -0.39 is 23.6 Å². The minimum absolute atomic E-state index is 0.202. The summed E-state index contributed by atoms with van der Waals surface area (Å²) in [5.74, 6) is -1.43. The van der Waals surface area contributed by atoms with Gasteiger partial charge in [0.15, 0.2) is 17.3 Å². The van der Waals surface area contributed by atoms with E-state index >= 15 is 0 Å². The molecule has 0 aliphatic heterocycles. The maximum Gasteiger partial charge on any atom is 0.320 e. The molecular formula is C15H11FI3NO4. The SMILES string of the molecule is N[C@@H](Cc1cc(I)c(Oc2cc([18F])c(O)c(I)c2)c(I)c1)C(=O)O. The van der Waals surface area contributed by atoms with Gasteiger partial charge in [-0.1, -0.05) is 0 Å². The summed E-state index contributed by atoms with van der Waals surface area (Å²) in [7, 11) is 0. The molecule has 9 heteroatoms. The van der Waals surface area contributed by atoms with E-state index in [2.05, 4.69) is 45.2 Å². The Kier molecular flexibility index (Phi) is 6.90. The van der Waals surface area contributed by atoms with Gasteiger partial charge >= 0.3 is 5.97 Å². The number of carbonyl (C=O) groups is 1. The third kappa shape index (κ3) is 4.82. The van der Waals surface area contributed by atoms with Crippen LogP contribution in [0.2, 0.25) is 0 Å². The molecule has 5 nitrogen and oxygen atoms in total. The standard InChI is InChI=1S/C15H11FI3NO4/c16-8-4-7(5-9(17)13(8)21)24-14-10(18)1-6(2-11(14)19)3-12(20)15(22)23/h1-2,4-5,12,21H,3,20H2,(H,22,23)/t12-/m0/s1/i16-1. The second-order valence-corrected chi connectivity index (χ2v) is 8.36. The Hall–Kier alpha value is -0.410. The van der Waals surface area contributed by atoms with E-state index in [1.165, 1.54) is 6.07 Å². The molecule has 0 unspecified atom stereocenters. The topological polar surface area (TPSA) is 92.8 Å². The summed E-state index contributed by atoms with van der Waals surface area (Å²) in [5, 5.41) is 18.4. The van der Waals surface area contributed by atoms with Gasteiger partial charge < -0.3 is 20.7 Å². The van der Waals surface area contributed by atoms with Gasteiger partial charge in [0.25, 0.3) is 0 Å². The van der Waals surface area contributed by atoms with Gasteiger partial charge in [0, 0.05) is 6.07 Å². The summed E-state index contributed by atoms with van der Waals surface area (Å²) in [6.45, 7) is 0. The van der Waals surface area contributed by atoms with Crippen molar-refractivity contribution in [3.63, 3.8) is 0 Å². The van der Waals surface area contributed by atoms with Crippen LogP contribution in [0, 0.1) is 16.5 Å². The first-order valence-electron chi connectivity index (χ1n) is 6.51. The van der Waals surface area contributed by atoms with Gasteiger partial charge in [-0.15, -0.1) is 0 Å². The molecule has 0 spiro atoms. The molecule has 0 aliphatic rings. The van der Waals surface area contributed by atoms with Crippen LogP contribution in [0.1, 0.15) is 5.56 Å². The summed E-state index contributed by atoms with van der Waals surface area (Å²) in [6, 6.07) is 5.22. The molecule has 4 N–H and O–H groups in total. The predicted octanol–water partition coefficient (Wildman–Crippen LogP) is 4.09. The van der Waals surface area contributed by atoms with Crippen LogP contribution in [0.5, 0.6) is 17.2 Å². The predicted molar refractivity (Wildman–Crippen MR) is 112 cm³/mol. The van der Waals surface area contributed by atoms with Crippen LogP contribution in [0.25, 0.3) is 0 Å². The van der Waals surface area contributed by atoms with E-state index in [1.807, 2.05) is 22.6 Å². The number of benzene rings is 2. The summed E-state index contributed by atoms with van der Waals surface area (Å²) in [5.41, 5.74) is 6.33. The quantitative estimate of drug-likeness (QED) is 0.418. The fraction of sp³-hybridized carbons (Fsp3) is 0.133. The summed E-state index contributed by atoms with van der Waals surface area (Å²) in [4.78, 5) is 10.9. The van der Waals surface area contributed by atoms with E-state index in [0.29, 0.717) is 9.32 Å². The van der Waals surface area contributed by atoms with Crippen LogP contribution in [0.15, 0.2) is 24.3 Å². The van der Waals surface area contributed by atoms with Crippen molar-refractivity contribution in [3.8, 4) is 17.2 Å². The number of rotatable bonds is 5. The van der Waals surface area contributed by atoms with E-state index in [4.69, 9.17) is 15.6 Å². The molecule has 0 aromatic heterocycles. The Labute approximate surface area is 178 Å². The average Bonchev–Trinajstić information content (AvgIpc) is 2.48. The Bertz CT molecular complexity index is 754. The van der Waals surface area contributed by atoms with Crippen LogP contribution in [-0.4, -0.2) is 22.2 Å². The highest BCUT2D eigenvalue weighted by Crippen LogP contribution is 2.36. The molecule has 0 aliphatic carbocycles. The van der Waals surface area contributed by atoms with E-state index in [1.54, 1.807) is 12.1 Å². The van der Waals surface area contributed by atoms with Crippen LogP contribution in [0.4, 0.5) is 4.39 Å². The first kappa shape index (κ1) is 19.9. The van der Waals surface area contributed by atoms with Crippen molar-refractivity contribution in [2.24, 2.45) is 5.73 Å². The average molecular weight is 668 g/mol. The van der Waals surface area contributed by atoms with Gasteiger partial charge in [0.05, 0.1) is 10.7 Å². The van der Waals surface area contributed by atoms with Crippen molar-refractivity contribution < 1.29 is 24.1 Å². The Morgan fingerprint density at radius 2 is 1.75 bits per heavy atom. The number of hydrogen-bond donors (Lipinski definition) is 3. The van der Waals surface area contributed by atoms with E-state index in [-0.39, 0.29) is 12.2 Å². The highest BCUT2D eigenvalue weighted by atomic mass is 127. The van der Waals surface area contributed by atoms with Crippen molar-refractivity contribution in [2.75, 3.05) is 0 Å². The molecule has 0 amide bonds. The number of hydrogen-bond acceptors (Lipinski definition) is 4. The van der Waals surface area contributed by atoms with Crippen LogP contribution >= 0.6 is 67.8 Å². The van der Waals surface area contributed by atoms with Crippen molar-refractivity contribution in [1.82, 2.24) is 0 Å². The fourth-order valence-corrected chi connectivity index (χ4v) is 4.57. The third-order valence-corrected chi connectivity index (χ3v) is 5.47. The zero-order valence-corrected chi connectivity index (χ0v) is 18.4. The van der Waals surface area contributed by atoms with Crippen molar-refractivity contribution in [3.05, 3.63) is 46.4 Å². The first-order valence-corrected chi connectivity index (χ1v) is 9.74. The molecule has 128 valence electrons. The molecule has 0 radical (unpaired) electrons. The minimum atomic E-state index is -1.06. The molecule has 0 heterocycles. The van der Waals surface area contributed by atoms with Gasteiger partial charge in [-0.3, -0.25) is 4.79 Å². The number of phenols is 1. The smallest absolute Gasteiger partial charge is 0.320 e. The van der Waals surface area contributed by atoms with E-state index in [9.17, 15) is 14.3 Å². The zero-order valence-electron chi connectivity index (χ0n) is 11.9. The molecule has 0 saturated carbocycles. The first-order chi connectivity index (χ1) is 11.2. The second-order valence-electron chi connectivity index (χ2n) is 4.88. The number of ether oxygens (including phenoxy) is 1. The maximum absolute atomic E-state index is 13.6. The summed E-state index contributed by atoms with van der Waals surface area (Å²) in [6.07, 6.45) is 0.202. The Morgan fingerprint density at radius 1 is 1.17 bits per heavy atom. The van der Waals surface area contributed by atoms with Crippen LogP contribution < -0.4 is 10.5 Å². The summed E-state index contributed by atoms with van der Waals surface area (Å²) >= 11 is 5.94. The van der Waals surface area contributed by atoms with E-state index in [0.717, 1.165) is 18.8 Å². The molecule has 0 fully saturated rings. The zero-order chi connectivity index (χ0) is 18.0. The van der Waals surface area contributed by atoms with Gasteiger partial charge in [0.1, 0.15) is 11.8 Å². The number of aliphatic carboxylic acids is 1. The molecule has 0 bridgehead atoms. The third-order valence-electron chi connectivity index (χ3n) is 3.04. The molecule has 2 aromatic rings. The normalized spacial score (nSPS) is 12.0. The van der Waals surface area contributed by atoms with Gasteiger partial charge in [-0.2, -0.15) is 0 Å². The highest BCUT2D eigenvalue weighted by Gasteiger charge is 2.17. The Balaban J connectivity index is 2.30. The molecule has 0 saturated heterocycles. The number of aromatic hydroxyl groups is 1. The molecular weight excluding hydrogens is 657 g/mol. The monoisotopic (exact) mass is 668 g/mol. The lowest BCUT2D eigenvalue weighted by Crippen LogP contribution is -2.32. The maximum atomic E-state index is 13.6. The number of carboxylic acids is 1. The molecule has 24 heavy (non-hydrogen) atoms. The highest BCUT2D eigenvalue weighted by molar-refractivity contribution is 14.1. The van der Waals surface area contributed by atoms with Crippen LogP contribution in [0.3, 0.4) is 0 Å². The second kappa shape index (κ2) is 8.31. The van der Waals surface area contributed by atoms with Crippen LogP contribution in [-0.2, 0) is 11.2 Å². The minimum Gasteiger partial charge on any atom is -0.504 e.